The van der Waals surface area contributed by atoms with Crippen molar-refractivity contribution in [3.63, 3.8) is 0 Å². The minimum Gasteiger partial charge on any atom is -0.495 e. The van der Waals surface area contributed by atoms with Gasteiger partial charge in [0.1, 0.15) is 17.6 Å². The Morgan fingerprint density at radius 2 is 1.92 bits per heavy atom. The quantitative estimate of drug-likeness (QED) is 0.920. The number of hydrogen-bond acceptors (Lipinski definition) is 4. The molecule has 1 fully saturated rings. The smallest absolute Gasteiger partial charge is 0.322 e. The molecular formula is C19H19FN4O2. The summed E-state index contributed by atoms with van der Waals surface area (Å²) >= 11 is 0. The molecule has 2 amide bonds. The van der Waals surface area contributed by atoms with Gasteiger partial charge in [-0.3, -0.25) is 0 Å². The maximum Gasteiger partial charge on any atom is 0.322 e. The Morgan fingerprint density at radius 3 is 2.62 bits per heavy atom. The molecule has 134 valence electrons. The summed E-state index contributed by atoms with van der Waals surface area (Å²) in [6.07, 6.45) is 0. The molecule has 2 aromatic rings. The van der Waals surface area contributed by atoms with Crippen LogP contribution in [-0.4, -0.2) is 44.2 Å². The van der Waals surface area contributed by atoms with E-state index < -0.39 is 5.82 Å². The number of nitrogens with zero attached hydrogens (tertiary/aromatic N) is 3. The number of halogens is 1. The Balaban J connectivity index is 1.63. The zero-order valence-electron chi connectivity index (χ0n) is 14.4. The minimum atomic E-state index is -0.509. The van der Waals surface area contributed by atoms with E-state index in [9.17, 15) is 9.18 Å². The van der Waals surface area contributed by atoms with E-state index in [-0.39, 0.29) is 11.6 Å². The standard InChI is InChI=1S/C19H19FN4O2/c1-26-18-5-3-2-4-17(18)23-8-10-24(11-9-23)19(25)22-16-7-6-15(20)12-14(16)13-21/h2-7,12H,8-11H2,1H3,(H,22,25). The van der Waals surface area contributed by atoms with Crippen molar-refractivity contribution in [2.24, 2.45) is 0 Å². The van der Waals surface area contributed by atoms with Gasteiger partial charge in [0.25, 0.3) is 0 Å². The molecule has 0 bridgehead atoms. The van der Waals surface area contributed by atoms with E-state index in [4.69, 9.17) is 10.00 Å². The molecule has 2 aromatic carbocycles. The first-order valence-corrected chi connectivity index (χ1v) is 8.26. The molecule has 0 radical (unpaired) electrons. The van der Waals surface area contributed by atoms with Crippen LogP contribution in [0.4, 0.5) is 20.6 Å². The van der Waals surface area contributed by atoms with Gasteiger partial charge in [0.15, 0.2) is 0 Å². The lowest BCUT2D eigenvalue weighted by Gasteiger charge is -2.36. The van der Waals surface area contributed by atoms with Gasteiger partial charge in [-0.05, 0) is 30.3 Å². The number of methoxy groups -OCH3 is 1. The van der Waals surface area contributed by atoms with E-state index in [0.29, 0.717) is 31.9 Å². The second-order valence-electron chi connectivity index (χ2n) is 5.88. The molecule has 0 unspecified atom stereocenters. The molecule has 1 saturated heterocycles. The van der Waals surface area contributed by atoms with Crippen molar-refractivity contribution in [3.05, 3.63) is 53.8 Å². The van der Waals surface area contributed by atoms with Crippen LogP contribution in [0.1, 0.15) is 5.56 Å². The number of rotatable bonds is 3. The second kappa shape index (κ2) is 7.74. The number of carbonyl (C=O) groups excluding carboxylic acids is 1. The Kier molecular flexibility index (Phi) is 5.23. The number of carbonyl (C=O) groups is 1. The van der Waals surface area contributed by atoms with Crippen LogP contribution in [0.3, 0.4) is 0 Å². The third-order valence-corrected chi connectivity index (χ3v) is 4.34. The van der Waals surface area contributed by atoms with Crippen LogP contribution < -0.4 is 15.0 Å². The number of urea groups is 1. The summed E-state index contributed by atoms with van der Waals surface area (Å²) in [5.41, 5.74) is 1.41. The lowest BCUT2D eigenvalue weighted by Crippen LogP contribution is -2.50. The number of benzene rings is 2. The molecule has 0 saturated carbocycles. The number of nitrogens with one attached hydrogen (secondary N) is 1. The number of piperazine rings is 1. The van der Waals surface area contributed by atoms with Gasteiger partial charge >= 0.3 is 6.03 Å². The third-order valence-electron chi connectivity index (χ3n) is 4.34. The van der Waals surface area contributed by atoms with Gasteiger partial charge < -0.3 is 19.9 Å². The summed E-state index contributed by atoms with van der Waals surface area (Å²) in [4.78, 5) is 16.3. The maximum absolute atomic E-state index is 13.2. The molecule has 7 heteroatoms. The average Bonchev–Trinajstić information content (AvgIpc) is 2.69. The van der Waals surface area contributed by atoms with Crippen LogP contribution in [0, 0.1) is 17.1 Å². The van der Waals surface area contributed by atoms with Crippen LogP contribution in [0.25, 0.3) is 0 Å². The van der Waals surface area contributed by atoms with Gasteiger partial charge in [0.2, 0.25) is 0 Å². The maximum atomic E-state index is 13.2. The van der Waals surface area contributed by atoms with Crippen LogP contribution >= 0.6 is 0 Å². The molecule has 0 aromatic heterocycles. The Hall–Kier alpha value is -3.27. The van der Waals surface area contributed by atoms with Crippen molar-refractivity contribution in [3.8, 4) is 11.8 Å². The van der Waals surface area contributed by atoms with Gasteiger partial charge in [-0.1, -0.05) is 12.1 Å². The summed E-state index contributed by atoms with van der Waals surface area (Å²) in [7, 11) is 1.64. The third kappa shape index (κ3) is 3.70. The molecule has 3 rings (SSSR count). The summed E-state index contributed by atoms with van der Waals surface area (Å²) in [6, 6.07) is 13.1. The van der Waals surface area contributed by atoms with Crippen LogP contribution in [0.2, 0.25) is 0 Å². The molecule has 1 aliphatic heterocycles. The fraction of sp³-hybridized carbons (Fsp3) is 0.263. The number of amides is 2. The van der Waals surface area contributed by atoms with Gasteiger partial charge in [-0.25, -0.2) is 9.18 Å². The van der Waals surface area contributed by atoms with Gasteiger partial charge in [-0.15, -0.1) is 0 Å². The van der Waals surface area contributed by atoms with Crippen molar-refractivity contribution < 1.29 is 13.9 Å². The highest BCUT2D eigenvalue weighted by atomic mass is 19.1. The molecule has 0 aliphatic carbocycles. The zero-order chi connectivity index (χ0) is 18.5. The molecular weight excluding hydrogens is 335 g/mol. The Bertz CT molecular complexity index is 842. The predicted octanol–water partition coefficient (Wildman–Crippen LogP) is 3.06. The lowest BCUT2D eigenvalue weighted by molar-refractivity contribution is 0.208. The highest BCUT2D eigenvalue weighted by molar-refractivity contribution is 5.91. The fourth-order valence-corrected chi connectivity index (χ4v) is 2.95. The van der Waals surface area contributed by atoms with E-state index >= 15 is 0 Å². The number of anilines is 2. The predicted molar refractivity (Wildman–Crippen MR) is 96.9 cm³/mol. The van der Waals surface area contributed by atoms with Crippen molar-refractivity contribution >= 4 is 17.4 Å². The molecule has 0 atom stereocenters. The topological polar surface area (TPSA) is 68.6 Å². The summed E-state index contributed by atoms with van der Waals surface area (Å²) < 4.78 is 18.6. The van der Waals surface area contributed by atoms with Crippen LogP contribution in [0.15, 0.2) is 42.5 Å². The Morgan fingerprint density at radius 1 is 1.19 bits per heavy atom. The van der Waals surface area contributed by atoms with E-state index in [0.717, 1.165) is 17.5 Å². The first-order valence-electron chi connectivity index (χ1n) is 8.26. The fourth-order valence-electron chi connectivity index (χ4n) is 2.95. The number of ether oxygens (including phenoxy) is 1. The summed E-state index contributed by atoms with van der Waals surface area (Å²) in [5, 5.41) is 11.8. The molecule has 1 aliphatic rings. The van der Waals surface area contributed by atoms with Crippen LogP contribution in [0.5, 0.6) is 5.75 Å². The zero-order valence-corrected chi connectivity index (χ0v) is 14.4. The largest absolute Gasteiger partial charge is 0.495 e. The first-order chi connectivity index (χ1) is 12.6. The van der Waals surface area contributed by atoms with Gasteiger partial charge in [0.05, 0.1) is 24.0 Å². The molecule has 1 N–H and O–H groups in total. The van der Waals surface area contributed by atoms with Gasteiger partial charge in [-0.2, -0.15) is 5.26 Å². The SMILES string of the molecule is COc1ccccc1N1CCN(C(=O)Nc2ccc(F)cc2C#N)CC1. The molecule has 0 spiro atoms. The van der Waals surface area contributed by atoms with E-state index in [1.165, 1.54) is 12.1 Å². The average molecular weight is 354 g/mol. The second-order valence-corrected chi connectivity index (χ2v) is 5.88. The van der Waals surface area contributed by atoms with Crippen molar-refractivity contribution in [2.45, 2.75) is 0 Å². The van der Waals surface area contributed by atoms with Crippen molar-refractivity contribution in [1.82, 2.24) is 4.90 Å². The molecule has 6 nitrogen and oxygen atoms in total. The summed E-state index contributed by atoms with van der Waals surface area (Å²) in [5.74, 6) is 0.292. The number of hydrogen-bond donors (Lipinski definition) is 1. The van der Waals surface area contributed by atoms with E-state index in [1.54, 1.807) is 12.0 Å². The number of para-hydroxylation sites is 2. The minimum absolute atomic E-state index is 0.103. The first kappa shape index (κ1) is 17.5. The van der Waals surface area contributed by atoms with Crippen molar-refractivity contribution in [1.29, 1.82) is 5.26 Å². The lowest BCUT2D eigenvalue weighted by atomic mass is 10.2. The molecule has 1 heterocycles. The monoisotopic (exact) mass is 354 g/mol. The number of nitriles is 1. The van der Waals surface area contributed by atoms with E-state index in [1.807, 2.05) is 30.3 Å². The highest BCUT2D eigenvalue weighted by Crippen LogP contribution is 2.28. The van der Waals surface area contributed by atoms with E-state index in [2.05, 4.69) is 10.2 Å². The van der Waals surface area contributed by atoms with Gasteiger partial charge in [0, 0.05) is 26.2 Å². The summed E-state index contributed by atoms with van der Waals surface area (Å²) in [6.45, 7) is 2.41. The van der Waals surface area contributed by atoms with Crippen LogP contribution in [-0.2, 0) is 0 Å². The van der Waals surface area contributed by atoms with Crippen molar-refractivity contribution in [2.75, 3.05) is 43.5 Å². The highest BCUT2D eigenvalue weighted by Gasteiger charge is 2.23. The molecule has 26 heavy (non-hydrogen) atoms. The normalized spacial score (nSPS) is 13.9. The Labute approximate surface area is 151 Å².